The molecular weight excluding hydrogens is 358 g/mol. The van der Waals surface area contributed by atoms with E-state index in [1.54, 1.807) is 33.5 Å². The highest BCUT2D eigenvalue weighted by molar-refractivity contribution is 6.08. The maximum atomic E-state index is 12.1. The van der Waals surface area contributed by atoms with Gasteiger partial charge in [-0.1, -0.05) is 12.1 Å². The van der Waals surface area contributed by atoms with Crippen molar-refractivity contribution >= 4 is 28.2 Å². The van der Waals surface area contributed by atoms with Crippen LogP contribution >= 0.6 is 0 Å². The molecule has 2 aromatic carbocycles. The molecule has 1 aromatic heterocycles. The SMILES string of the molecule is COCc1cccc(Nc2c(C(N)=O)cnc3cc(OC)c(OC)cc23)c1C. The molecule has 3 N–H and O–H groups in total. The maximum absolute atomic E-state index is 12.1. The fourth-order valence-electron chi connectivity index (χ4n) is 3.11. The van der Waals surface area contributed by atoms with E-state index < -0.39 is 5.91 Å². The number of aromatic nitrogens is 1. The van der Waals surface area contributed by atoms with Crippen molar-refractivity contribution < 1.29 is 19.0 Å². The van der Waals surface area contributed by atoms with E-state index in [-0.39, 0.29) is 5.56 Å². The van der Waals surface area contributed by atoms with E-state index in [0.29, 0.717) is 34.7 Å². The average molecular weight is 381 g/mol. The standard InChI is InChI=1S/C21H23N3O4/c1-12-13(11-26-2)6-5-7-16(12)24-20-14-8-18(27-3)19(28-4)9-17(14)23-10-15(20)21(22)25/h5-10H,11H2,1-4H3,(H2,22,25)(H,23,24). The first-order valence-corrected chi connectivity index (χ1v) is 8.69. The van der Waals surface area contributed by atoms with Gasteiger partial charge in [0.2, 0.25) is 0 Å². The Kier molecular flexibility index (Phi) is 5.65. The molecule has 1 heterocycles. The minimum Gasteiger partial charge on any atom is -0.493 e. The summed E-state index contributed by atoms with van der Waals surface area (Å²) in [5, 5.41) is 4.06. The summed E-state index contributed by atoms with van der Waals surface area (Å²) in [5.74, 6) is 0.516. The fourth-order valence-corrected chi connectivity index (χ4v) is 3.11. The van der Waals surface area contributed by atoms with Crippen LogP contribution in [0.15, 0.2) is 36.5 Å². The van der Waals surface area contributed by atoms with Gasteiger partial charge < -0.3 is 25.3 Å². The highest BCUT2D eigenvalue weighted by Crippen LogP contribution is 2.37. The lowest BCUT2D eigenvalue weighted by atomic mass is 10.0. The topological polar surface area (TPSA) is 95.7 Å². The van der Waals surface area contributed by atoms with Crippen LogP contribution < -0.4 is 20.5 Å². The van der Waals surface area contributed by atoms with Crippen LogP contribution in [0.5, 0.6) is 11.5 Å². The molecule has 3 rings (SSSR count). The van der Waals surface area contributed by atoms with Crippen LogP contribution in [0, 0.1) is 6.92 Å². The summed E-state index contributed by atoms with van der Waals surface area (Å²) in [7, 11) is 4.77. The van der Waals surface area contributed by atoms with Gasteiger partial charge in [0.25, 0.3) is 5.91 Å². The van der Waals surface area contributed by atoms with Gasteiger partial charge in [-0.3, -0.25) is 9.78 Å². The first kappa shape index (κ1) is 19.4. The Morgan fingerprint density at radius 3 is 2.50 bits per heavy atom. The number of benzene rings is 2. The number of hydrogen-bond donors (Lipinski definition) is 2. The maximum Gasteiger partial charge on any atom is 0.252 e. The van der Waals surface area contributed by atoms with Crippen LogP contribution in [0.2, 0.25) is 0 Å². The zero-order chi connectivity index (χ0) is 20.3. The zero-order valence-corrected chi connectivity index (χ0v) is 16.3. The van der Waals surface area contributed by atoms with Crippen LogP contribution in [0.1, 0.15) is 21.5 Å². The molecule has 0 atom stereocenters. The quantitative estimate of drug-likeness (QED) is 0.650. The molecule has 7 nitrogen and oxygen atoms in total. The summed E-state index contributed by atoms with van der Waals surface area (Å²) in [4.78, 5) is 16.4. The Morgan fingerprint density at radius 2 is 1.86 bits per heavy atom. The van der Waals surface area contributed by atoms with Gasteiger partial charge in [0, 0.05) is 30.4 Å². The van der Waals surface area contributed by atoms with Crippen molar-refractivity contribution in [3.63, 3.8) is 0 Å². The van der Waals surface area contributed by atoms with E-state index in [1.165, 1.54) is 6.20 Å². The van der Waals surface area contributed by atoms with E-state index >= 15 is 0 Å². The highest BCUT2D eigenvalue weighted by atomic mass is 16.5. The second-order valence-corrected chi connectivity index (χ2v) is 6.28. The average Bonchev–Trinajstić information content (AvgIpc) is 2.69. The molecule has 0 unspecified atom stereocenters. The number of rotatable bonds is 7. The smallest absolute Gasteiger partial charge is 0.252 e. The van der Waals surface area contributed by atoms with E-state index in [4.69, 9.17) is 19.9 Å². The molecular formula is C21H23N3O4. The highest BCUT2D eigenvalue weighted by Gasteiger charge is 2.17. The first-order valence-electron chi connectivity index (χ1n) is 8.69. The largest absolute Gasteiger partial charge is 0.493 e. The predicted octanol–water partition coefficient (Wildman–Crippen LogP) is 3.55. The monoisotopic (exact) mass is 381 g/mol. The number of pyridine rings is 1. The van der Waals surface area contributed by atoms with Gasteiger partial charge in [-0.25, -0.2) is 0 Å². The molecule has 0 aliphatic rings. The third kappa shape index (κ3) is 3.57. The third-order valence-corrected chi connectivity index (χ3v) is 4.64. The third-order valence-electron chi connectivity index (χ3n) is 4.64. The van der Waals surface area contributed by atoms with Crippen LogP contribution in [0.4, 0.5) is 11.4 Å². The summed E-state index contributed by atoms with van der Waals surface area (Å²) < 4.78 is 16.0. The van der Waals surface area contributed by atoms with E-state index in [2.05, 4.69) is 10.3 Å². The molecule has 28 heavy (non-hydrogen) atoms. The number of hydrogen-bond acceptors (Lipinski definition) is 6. The molecule has 0 radical (unpaired) electrons. The molecule has 3 aromatic rings. The number of ether oxygens (including phenoxy) is 3. The Hall–Kier alpha value is -3.32. The molecule has 0 aliphatic carbocycles. The number of methoxy groups -OCH3 is 3. The normalized spacial score (nSPS) is 10.7. The first-order chi connectivity index (χ1) is 13.5. The molecule has 0 aliphatic heterocycles. The minimum atomic E-state index is -0.572. The van der Waals surface area contributed by atoms with Crippen LogP contribution in [-0.4, -0.2) is 32.2 Å². The lowest BCUT2D eigenvalue weighted by Crippen LogP contribution is -2.14. The number of fused-ring (bicyclic) bond motifs is 1. The van der Waals surface area contributed by atoms with Crippen LogP contribution in [0.25, 0.3) is 10.9 Å². The van der Waals surface area contributed by atoms with Gasteiger partial charge in [0.1, 0.15) is 0 Å². The molecule has 0 fully saturated rings. The van der Waals surface area contributed by atoms with E-state index in [1.807, 2.05) is 25.1 Å². The number of amides is 1. The van der Waals surface area contributed by atoms with Gasteiger partial charge in [-0.2, -0.15) is 0 Å². The second kappa shape index (κ2) is 8.14. The summed E-state index contributed by atoms with van der Waals surface area (Å²) in [6, 6.07) is 9.41. The summed E-state index contributed by atoms with van der Waals surface area (Å²) >= 11 is 0. The minimum absolute atomic E-state index is 0.288. The van der Waals surface area contributed by atoms with Crippen molar-refractivity contribution in [3.8, 4) is 11.5 Å². The Labute approximate surface area is 163 Å². The summed E-state index contributed by atoms with van der Waals surface area (Å²) in [5.41, 5.74) is 10.0. The fraction of sp³-hybridized carbons (Fsp3) is 0.238. The van der Waals surface area contributed by atoms with Gasteiger partial charge in [0.05, 0.1) is 37.6 Å². The van der Waals surface area contributed by atoms with Crippen molar-refractivity contribution in [1.29, 1.82) is 0 Å². The molecule has 1 amide bonds. The summed E-state index contributed by atoms with van der Waals surface area (Å²) in [6.45, 7) is 2.49. The van der Waals surface area contributed by atoms with Crippen LogP contribution in [0.3, 0.4) is 0 Å². The molecule has 0 bridgehead atoms. The number of anilines is 2. The Balaban J connectivity index is 2.22. The van der Waals surface area contributed by atoms with Gasteiger partial charge in [0.15, 0.2) is 11.5 Å². The molecule has 7 heteroatoms. The molecule has 0 saturated heterocycles. The van der Waals surface area contributed by atoms with Gasteiger partial charge >= 0.3 is 0 Å². The lowest BCUT2D eigenvalue weighted by molar-refractivity contribution is 0.100. The van der Waals surface area contributed by atoms with Crippen molar-refractivity contribution in [2.45, 2.75) is 13.5 Å². The predicted molar refractivity (Wildman–Crippen MR) is 109 cm³/mol. The van der Waals surface area contributed by atoms with Crippen molar-refractivity contribution in [1.82, 2.24) is 4.98 Å². The number of nitrogens with zero attached hydrogens (tertiary/aromatic N) is 1. The van der Waals surface area contributed by atoms with Crippen molar-refractivity contribution in [2.75, 3.05) is 26.6 Å². The molecule has 146 valence electrons. The second-order valence-electron chi connectivity index (χ2n) is 6.28. The molecule has 0 spiro atoms. The number of nitrogens with one attached hydrogen (secondary N) is 1. The van der Waals surface area contributed by atoms with E-state index in [9.17, 15) is 4.79 Å². The summed E-state index contributed by atoms with van der Waals surface area (Å²) in [6.07, 6.45) is 1.47. The van der Waals surface area contributed by atoms with Crippen molar-refractivity contribution in [3.05, 3.63) is 53.2 Å². The van der Waals surface area contributed by atoms with Crippen molar-refractivity contribution in [2.24, 2.45) is 5.73 Å². The number of carbonyl (C=O) groups excluding carboxylic acids is 1. The number of primary amides is 1. The van der Waals surface area contributed by atoms with Crippen LogP contribution in [-0.2, 0) is 11.3 Å². The van der Waals surface area contributed by atoms with Gasteiger partial charge in [-0.05, 0) is 30.2 Å². The van der Waals surface area contributed by atoms with E-state index in [0.717, 1.165) is 16.8 Å². The van der Waals surface area contributed by atoms with Gasteiger partial charge in [-0.15, -0.1) is 0 Å². The molecule has 0 saturated carbocycles. The number of carbonyl (C=O) groups is 1. The Bertz CT molecular complexity index is 1030. The Morgan fingerprint density at radius 1 is 1.14 bits per heavy atom. The zero-order valence-electron chi connectivity index (χ0n) is 16.3. The lowest BCUT2D eigenvalue weighted by Gasteiger charge is -2.18. The number of nitrogens with two attached hydrogens (primary N) is 1.